The number of hydrogen-bond acceptors (Lipinski definition) is 3. The molecule has 18 heavy (non-hydrogen) atoms. The van der Waals surface area contributed by atoms with Crippen molar-refractivity contribution in [1.29, 1.82) is 0 Å². The van der Waals surface area contributed by atoms with Gasteiger partial charge in [-0.1, -0.05) is 30.3 Å². The van der Waals surface area contributed by atoms with Crippen LogP contribution in [0.1, 0.15) is 18.4 Å². The Bertz CT molecular complexity index is 440. The zero-order valence-corrected chi connectivity index (χ0v) is 10.3. The quantitative estimate of drug-likeness (QED) is 0.865. The molecule has 0 bridgehead atoms. The third-order valence-electron chi connectivity index (χ3n) is 4.21. The Labute approximate surface area is 107 Å². The van der Waals surface area contributed by atoms with Crippen LogP contribution >= 0.6 is 0 Å². The van der Waals surface area contributed by atoms with E-state index < -0.39 is 0 Å². The fourth-order valence-corrected chi connectivity index (χ4v) is 2.77. The van der Waals surface area contributed by atoms with Gasteiger partial charge in [-0.05, 0) is 18.4 Å². The Morgan fingerprint density at radius 2 is 2.11 bits per heavy atom. The standard InChI is InChI=1S/C14H18N2O2/c15-12-6-7-14(12)9-16(10-14)13(17)18-8-11-4-2-1-3-5-11/h1-5,12H,6-10,15H2/t12-/m1/s1. The minimum atomic E-state index is -0.219. The molecule has 4 nitrogen and oxygen atoms in total. The molecule has 1 amide bonds. The number of nitrogens with two attached hydrogens (primary N) is 1. The minimum absolute atomic E-state index is 0.214. The summed E-state index contributed by atoms with van der Waals surface area (Å²) in [6.07, 6.45) is 2.02. The van der Waals surface area contributed by atoms with Crippen LogP contribution in [0.4, 0.5) is 4.79 Å². The van der Waals surface area contributed by atoms with Gasteiger partial charge in [-0.25, -0.2) is 4.79 Å². The lowest BCUT2D eigenvalue weighted by molar-refractivity contribution is -0.0699. The smallest absolute Gasteiger partial charge is 0.410 e. The molecule has 1 spiro atoms. The first kappa shape index (κ1) is 11.5. The van der Waals surface area contributed by atoms with Crippen LogP contribution in [0.2, 0.25) is 0 Å². The summed E-state index contributed by atoms with van der Waals surface area (Å²) in [4.78, 5) is 13.5. The topological polar surface area (TPSA) is 55.6 Å². The lowest BCUT2D eigenvalue weighted by Gasteiger charge is -2.58. The molecule has 1 aliphatic heterocycles. The molecular formula is C14H18N2O2. The molecule has 0 radical (unpaired) electrons. The van der Waals surface area contributed by atoms with Gasteiger partial charge in [0.15, 0.2) is 0 Å². The van der Waals surface area contributed by atoms with E-state index in [1.165, 1.54) is 0 Å². The lowest BCUT2D eigenvalue weighted by atomic mass is 9.60. The van der Waals surface area contributed by atoms with Gasteiger partial charge in [-0.15, -0.1) is 0 Å². The Morgan fingerprint density at radius 3 is 2.67 bits per heavy atom. The molecule has 2 N–H and O–H groups in total. The molecule has 1 saturated heterocycles. The summed E-state index contributed by atoms with van der Waals surface area (Å²) in [5.41, 5.74) is 7.20. The highest BCUT2D eigenvalue weighted by Crippen LogP contribution is 2.47. The molecule has 1 aromatic carbocycles. The Morgan fingerprint density at radius 1 is 1.39 bits per heavy atom. The molecule has 0 aromatic heterocycles. The predicted molar refractivity (Wildman–Crippen MR) is 67.8 cm³/mol. The molecule has 1 heterocycles. The molecule has 1 saturated carbocycles. The first-order chi connectivity index (χ1) is 8.70. The van der Waals surface area contributed by atoms with E-state index in [-0.39, 0.29) is 17.6 Å². The van der Waals surface area contributed by atoms with Gasteiger partial charge in [-0.2, -0.15) is 0 Å². The maximum Gasteiger partial charge on any atom is 0.410 e. The van der Waals surface area contributed by atoms with Crippen molar-refractivity contribution in [1.82, 2.24) is 4.90 Å². The van der Waals surface area contributed by atoms with Crippen molar-refractivity contribution in [3.63, 3.8) is 0 Å². The summed E-state index contributed by atoms with van der Waals surface area (Å²) >= 11 is 0. The van der Waals surface area contributed by atoms with E-state index in [0.717, 1.165) is 31.5 Å². The van der Waals surface area contributed by atoms with Crippen molar-refractivity contribution in [2.45, 2.75) is 25.5 Å². The number of likely N-dealkylation sites (tertiary alicyclic amines) is 1. The number of hydrogen-bond donors (Lipinski definition) is 1. The third kappa shape index (κ3) is 1.86. The van der Waals surface area contributed by atoms with E-state index in [1.807, 2.05) is 30.3 Å². The number of rotatable bonds is 2. The molecule has 3 rings (SSSR count). The summed E-state index contributed by atoms with van der Waals surface area (Å²) in [5.74, 6) is 0. The maximum absolute atomic E-state index is 11.8. The van der Waals surface area contributed by atoms with Crippen molar-refractivity contribution in [2.24, 2.45) is 11.1 Å². The normalized spacial score (nSPS) is 24.3. The van der Waals surface area contributed by atoms with Crippen molar-refractivity contribution in [3.05, 3.63) is 35.9 Å². The largest absolute Gasteiger partial charge is 0.445 e. The molecule has 1 atom stereocenters. The highest BCUT2D eigenvalue weighted by molar-refractivity contribution is 5.69. The first-order valence-electron chi connectivity index (χ1n) is 6.41. The second-order valence-corrected chi connectivity index (χ2v) is 5.40. The van der Waals surface area contributed by atoms with Crippen LogP contribution in [0.15, 0.2) is 30.3 Å². The third-order valence-corrected chi connectivity index (χ3v) is 4.21. The van der Waals surface area contributed by atoms with Crippen LogP contribution in [-0.2, 0) is 11.3 Å². The summed E-state index contributed by atoms with van der Waals surface area (Å²) in [6.45, 7) is 1.87. The zero-order chi connectivity index (χ0) is 12.6. The molecule has 1 aliphatic carbocycles. The van der Waals surface area contributed by atoms with Gasteiger partial charge in [0.1, 0.15) is 6.61 Å². The summed E-state index contributed by atoms with van der Waals surface area (Å²) in [5, 5.41) is 0. The van der Waals surface area contributed by atoms with E-state index in [2.05, 4.69) is 0 Å². The Hall–Kier alpha value is -1.55. The highest BCUT2D eigenvalue weighted by atomic mass is 16.6. The van der Waals surface area contributed by atoms with E-state index >= 15 is 0 Å². The second kappa shape index (κ2) is 4.28. The number of benzene rings is 1. The number of carbonyl (C=O) groups is 1. The Balaban J connectivity index is 1.46. The average molecular weight is 246 g/mol. The SMILES string of the molecule is N[C@@H]1CCC12CN(C(=O)OCc1ccccc1)C2. The molecular weight excluding hydrogens is 228 g/mol. The Kier molecular flexibility index (Phi) is 2.74. The summed E-state index contributed by atoms with van der Waals surface area (Å²) in [6, 6.07) is 10.0. The van der Waals surface area contributed by atoms with Crippen LogP contribution in [0.5, 0.6) is 0 Å². The van der Waals surface area contributed by atoms with E-state index in [1.54, 1.807) is 4.90 Å². The van der Waals surface area contributed by atoms with Gasteiger partial charge in [0.05, 0.1) is 0 Å². The monoisotopic (exact) mass is 246 g/mol. The zero-order valence-electron chi connectivity index (χ0n) is 10.3. The molecule has 1 aromatic rings. The van der Waals surface area contributed by atoms with Gasteiger partial charge in [0.25, 0.3) is 0 Å². The predicted octanol–water partition coefficient (Wildman–Crippen LogP) is 1.75. The molecule has 2 aliphatic rings. The fourth-order valence-electron chi connectivity index (χ4n) is 2.77. The number of ether oxygens (including phenoxy) is 1. The van der Waals surface area contributed by atoms with E-state index in [0.29, 0.717) is 6.61 Å². The second-order valence-electron chi connectivity index (χ2n) is 5.40. The van der Waals surface area contributed by atoms with Gasteiger partial charge < -0.3 is 15.4 Å². The minimum Gasteiger partial charge on any atom is -0.445 e. The van der Waals surface area contributed by atoms with Crippen molar-refractivity contribution >= 4 is 6.09 Å². The van der Waals surface area contributed by atoms with Crippen LogP contribution in [-0.4, -0.2) is 30.1 Å². The number of carbonyl (C=O) groups excluding carboxylic acids is 1. The van der Waals surface area contributed by atoms with Crippen LogP contribution in [0.3, 0.4) is 0 Å². The first-order valence-corrected chi connectivity index (χ1v) is 6.41. The van der Waals surface area contributed by atoms with Crippen LogP contribution in [0.25, 0.3) is 0 Å². The maximum atomic E-state index is 11.8. The van der Waals surface area contributed by atoms with Crippen LogP contribution in [0, 0.1) is 5.41 Å². The summed E-state index contributed by atoms with van der Waals surface area (Å²) in [7, 11) is 0. The van der Waals surface area contributed by atoms with Gasteiger partial charge in [0.2, 0.25) is 0 Å². The molecule has 2 fully saturated rings. The molecule has 4 heteroatoms. The van der Waals surface area contributed by atoms with Gasteiger partial charge in [-0.3, -0.25) is 0 Å². The summed E-state index contributed by atoms with van der Waals surface area (Å²) < 4.78 is 5.28. The number of amides is 1. The van der Waals surface area contributed by atoms with Crippen molar-refractivity contribution in [2.75, 3.05) is 13.1 Å². The van der Waals surface area contributed by atoms with Crippen molar-refractivity contribution in [3.8, 4) is 0 Å². The average Bonchev–Trinajstić information content (AvgIpc) is 2.34. The van der Waals surface area contributed by atoms with Gasteiger partial charge >= 0.3 is 6.09 Å². The molecule has 96 valence electrons. The van der Waals surface area contributed by atoms with Crippen LogP contribution < -0.4 is 5.73 Å². The lowest BCUT2D eigenvalue weighted by Crippen LogP contribution is -2.70. The fraction of sp³-hybridized carbons (Fsp3) is 0.500. The molecule has 0 unspecified atom stereocenters. The van der Waals surface area contributed by atoms with Gasteiger partial charge in [0, 0.05) is 24.5 Å². The van der Waals surface area contributed by atoms with Crippen molar-refractivity contribution < 1.29 is 9.53 Å². The van der Waals surface area contributed by atoms with E-state index in [4.69, 9.17) is 10.5 Å². The highest BCUT2D eigenvalue weighted by Gasteiger charge is 2.54. The van der Waals surface area contributed by atoms with E-state index in [9.17, 15) is 4.79 Å². The number of nitrogens with zero attached hydrogens (tertiary/aromatic N) is 1.